The number of nitrogens with two attached hydrogens (primary N) is 2. The van der Waals surface area contributed by atoms with Gasteiger partial charge in [-0.2, -0.15) is 0 Å². The Labute approximate surface area is 192 Å². The standard InChI is InChI=1S/C22H33N5O6/c1-12(2)9-17(22(32)33)27-21(31)16(10-14-7-5-4-6-8-14)26-19(29)13(3)25-20(30)15(23)11-18(24)28/h4-8,12-13,15-17H,9-11,23H2,1-3H3,(H2,24,28)(H,25,30)(H,26,29)(H,27,31)(H,32,33)/t13-,15-,16-,17-/m0/s1. The molecule has 8 N–H and O–H groups in total. The third-order valence-electron chi connectivity index (χ3n) is 4.75. The normalized spacial score (nSPS) is 14.5. The van der Waals surface area contributed by atoms with Crippen LogP contribution in [-0.2, 0) is 30.4 Å². The number of hydrogen-bond donors (Lipinski definition) is 6. The lowest BCUT2D eigenvalue weighted by Gasteiger charge is -2.24. The van der Waals surface area contributed by atoms with Crippen molar-refractivity contribution in [3.05, 3.63) is 35.9 Å². The number of carboxylic acids is 1. The first kappa shape index (κ1) is 27.6. The number of hydrogen-bond acceptors (Lipinski definition) is 6. The maximum Gasteiger partial charge on any atom is 0.326 e. The molecule has 0 bridgehead atoms. The van der Waals surface area contributed by atoms with Crippen molar-refractivity contribution in [1.29, 1.82) is 0 Å². The van der Waals surface area contributed by atoms with E-state index in [1.807, 2.05) is 13.8 Å². The van der Waals surface area contributed by atoms with Crippen LogP contribution in [0.1, 0.15) is 39.2 Å². The molecule has 0 fully saturated rings. The van der Waals surface area contributed by atoms with Gasteiger partial charge in [-0.1, -0.05) is 44.2 Å². The number of aliphatic carboxylic acids is 1. The average molecular weight is 464 g/mol. The smallest absolute Gasteiger partial charge is 0.326 e. The maximum absolute atomic E-state index is 12.9. The van der Waals surface area contributed by atoms with Crippen LogP contribution in [0.2, 0.25) is 0 Å². The highest BCUT2D eigenvalue weighted by Crippen LogP contribution is 2.08. The Morgan fingerprint density at radius 1 is 0.879 bits per heavy atom. The molecule has 1 rings (SSSR count). The molecule has 11 heteroatoms. The number of benzene rings is 1. The van der Waals surface area contributed by atoms with E-state index in [0.717, 1.165) is 5.56 Å². The SMILES string of the molecule is CC(C)C[C@H](NC(=O)[C@H](Cc1ccccc1)NC(=O)[C@H](C)NC(=O)[C@@H](N)CC(N)=O)C(=O)O. The first-order valence-electron chi connectivity index (χ1n) is 10.6. The maximum atomic E-state index is 12.9. The quantitative estimate of drug-likeness (QED) is 0.217. The molecule has 0 heterocycles. The molecule has 0 radical (unpaired) electrons. The van der Waals surface area contributed by atoms with Crippen LogP contribution in [0.25, 0.3) is 0 Å². The summed E-state index contributed by atoms with van der Waals surface area (Å²) in [5.74, 6) is -4.00. The van der Waals surface area contributed by atoms with Gasteiger partial charge in [-0.3, -0.25) is 19.2 Å². The number of primary amides is 1. The molecule has 4 atom stereocenters. The Balaban J connectivity index is 2.94. The summed E-state index contributed by atoms with van der Waals surface area (Å²) in [6.07, 6.45) is -0.0583. The van der Waals surface area contributed by atoms with E-state index in [2.05, 4.69) is 16.0 Å². The largest absolute Gasteiger partial charge is 0.480 e. The number of carbonyl (C=O) groups excluding carboxylic acids is 4. The number of rotatable bonds is 13. The molecule has 182 valence electrons. The van der Waals surface area contributed by atoms with E-state index in [0.29, 0.717) is 0 Å². The van der Waals surface area contributed by atoms with E-state index >= 15 is 0 Å². The fraction of sp³-hybridized carbons (Fsp3) is 0.500. The predicted molar refractivity (Wildman–Crippen MR) is 120 cm³/mol. The minimum absolute atomic E-state index is 0.0217. The molecular formula is C22H33N5O6. The van der Waals surface area contributed by atoms with E-state index < -0.39 is 53.8 Å². The lowest BCUT2D eigenvalue weighted by molar-refractivity contribution is -0.142. The van der Waals surface area contributed by atoms with E-state index in [1.165, 1.54) is 6.92 Å². The van der Waals surface area contributed by atoms with Crippen molar-refractivity contribution in [3.8, 4) is 0 Å². The fourth-order valence-corrected chi connectivity index (χ4v) is 3.02. The molecule has 1 aromatic rings. The summed E-state index contributed by atoms with van der Waals surface area (Å²) in [4.78, 5) is 60.1. The lowest BCUT2D eigenvalue weighted by atomic mass is 10.0. The number of nitrogens with one attached hydrogen (secondary N) is 3. The van der Waals surface area contributed by atoms with E-state index in [-0.39, 0.29) is 25.2 Å². The van der Waals surface area contributed by atoms with Crippen molar-refractivity contribution in [1.82, 2.24) is 16.0 Å². The van der Waals surface area contributed by atoms with Crippen molar-refractivity contribution < 1.29 is 29.1 Å². The van der Waals surface area contributed by atoms with Crippen molar-refractivity contribution in [2.45, 2.75) is 64.2 Å². The third-order valence-corrected chi connectivity index (χ3v) is 4.75. The summed E-state index contributed by atoms with van der Waals surface area (Å²) < 4.78 is 0. The number of carbonyl (C=O) groups is 5. The van der Waals surface area contributed by atoms with Gasteiger partial charge < -0.3 is 32.5 Å². The Morgan fingerprint density at radius 2 is 1.45 bits per heavy atom. The van der Waals surface area contributed by atoms with Gasteiger partial charge in [0.2, 0.25) is 23.6 Å². The summed E-state index contributed by atoms with van der Waals surface area (Å²) in [5, 5.41) is 16.8. The summed E-state index contributed by atoms with van der Waals surface area (Å²) in [6.45, 7) is 5.05. The van der Waals surface area contributed by atoms with Gasteiger partial charge >= 0.3 is 5.97 Å². The molecule has 0 aromatic heterocycles. The summed E-state index contributed by atoms with van der Waals surface area (Å²) in [7, 11) is 0. The third kappa shape index (κ3) is 10.1. The van der Waals surface area contributed by atoms with Crippen molar-refractivity contribution in [2.75, 3.05) is 0 Å². The van der Waals surface area contributed by atoms with Crippen LogP contribution in [0, 0.1) is 5.92 Å². The summed E-state index contributed by atoms with van der Waals surface area (Å²) in [6, 6.07) is 4.38. The molecule has 4 amide bonds. The van der Waals surface area contributed by atoms with Crippen molar-refractivity contribution in [3.63, 3.8) is 0 Å². The van der Waals surface area contributed by atoms with Gasteiger partial charge in [-0.15, -0.1) is 0 Å². The lowest BCUT2D eigenvalue weighted by Crippen LogP contribution is -2.57. The van der Waals surface area contributed by atoms with Gasteiger partial charge in [0.25, 0.3) is 0 Å². The Hall–Kier alpha value is -3.47. The molecular weight excluding hydrogens is 430 g/mol. The highest BCUT2D eigenvalue weighted by atomic mass is 16.4. The van der Waals surface area contributed by atoms with Crippen molar-refractivity contribution in [2.24, 2.45) is 17.4 Å². The molecule has 0 aliphatic rings. The van der Waals surface area contributed by atoms with Crippen LogP contribution in [0.3, 0.4) is 0 Å². The van der Waals surface area contributed by atoms with Crippen LogP contribution in [0.5, 0.6) is 0 Å². The Bertz CT molecular complexity index is 845. The highest BCUT2D eigenvalue weighted by molar-refractivity contribution is 5.94. The zero-order valence-corrected chi connectivity index (χ0v) is 19.0. The number of carboxylic acid groups (broad SMARTS) is 1. The van der Waals surface area contributed by atoms with Crippen LogP contribution >= 0.6 is 0 Å². The van der Waals surface area contributed by atoms with E-state index in [1.54, 1.807) is 30.3 Å². The molecule has 0 spiro atoms. The predicted octanol–water partition coefficient (Wildman–Crippen LogP) is -0.963. The van der Waals surface area contributed by atoms with Gasteiger partial charge in [-0.25, -0.2) is 4.79 Å². The zero-order valence-electron chi connectivity index (χ0n) is 19.0. The molecule has 1 aromatic carbocycles. The van der Waals surface area contributed by atoms with Gasteiger partial charge in [0.15, 0.2) is 0 Å². The average Bonchev–Trinajstić information content (AvgIpc) is 2.72. The molecule has 33 heavy (non-hydrogen) atoms. The molecule has 0 unspecified atom stereocenters. The second kappa shape index (κ2) is 13.2. The second-order valence-electron chi connectivity index (χ2n) is 8.29. The minimum atomic E-state index is -1.21. The second-order valence-corrected chi connectivity index (χ2v) is 8.29. The molecule has 0 saturated heterocycles. The summed E-state index contributed by atoms with van der Waals surface area (Å²) >= 11 is 0. The molecule has 0 aliphatic heterocycles. The van der Waals surface area contributed by atoms with Crippen LogP contribution in [-0.4, -0.2) is 58.9 Å². The van der Waals surface area contributed by atoms with Gasteiger partial charge in [-0.05, 0) is 24.8 Å². The monoisotopic (exact) mass is 463 g/mol. The first-order valence-corrected chi connectivity index (χ1v) is 10.6. The van der Waals surface area contributed by atoms with Gasteiger partial charge in [0.05, 0.1) is 12.5 Å². The topological polar surface area (TPSA) is 194 Å². The van der Waals surface area contributed by atoms with Crippen LogP contribution < -0.4 is 27.4 Å². The minimum Gasteiger partial charge on any atom is -0.480 e. The van der Waals surface area contributed by atoms with E-state index in [4.69, 9.17) is 11.5 Å². The van der Waals surface area contributed by atoms with Crippen molar-refractivity contribution >= 4 is 29.6 Å². The molecule has 0 aliphatic carbocycles. The number of amides is 4. The first-order chi connectivity index (χ1) is 15.4. The van der Waals surface area contributed by atoms with Crippen LogP contribution in [0.15, 0.2) is 30.3 Å². The Morgan fingerprint density at radius 3 is 1.97 bits per heavy atom. The van der Waals surface area contributed by atoms with Gasteiger partial charge in [0, 0.05) is 6.42 Å². The van der Waals surface area contributed by atoms with Gasteiger partial charge in [0.1, 0.15) is 18.1 Å². The van der Waals surface area contributed by atoms with Crippen LogP contribution in [0.4, 0.5) is 0 Å². The molecule has 11 nitrogen and oxygen atoms in total. The zero-order chi connectivity index (χ0) is 25.1. The summed E-state index contributed by atoms with van der Waals surface area (Å²) in [5.41, 5.74) is 11.3. The molecule has 0 saturated carbocycles. The van der Waals surface area contributed by atoms with E-state index in [9.17, 15) is 29.1 Å². The fourth-order valence-electron chi connectivity index (χ4n) is 3.02. The highest BCUT2D eigenvalue weighted by Gasteiger charge is 2.29. The Kier molecular flexibility index (Phi) is 11.0.